The number of benzene rings is 1. The van der Waals surface area contributed by atoms with Crippen LogP contribution in [-0.2, 0) is 25.7 Å². The van der Waals surface area contributed by atoms with E-state index >= 15 is 0 Å². The van der Waals surface area contributed by atoms with Gasteiger partial charge in [-0.1, -0.05) is 41.6 Å². The summed E-state index contributed by atoms with van der Waals surface area (Å²) in [4.78, 5) is 22.2. The minimum atomic E-state index is -0.539. The Bertz CT molecular complexity index is 880. The van der Waals surface area contributed by atoms with Crippen molar-refractivity contribution in [1.29, 1.82) is 0 Å². The number of aromatic nitrogens is 1. The molecule has 166 valence electrons. The molecule has 0 radical (unpaired) electrons. The van der Waals surface area contributed by atoms with E-state index in [4.69, 9.17) is 20.2 Å². The maximum Gasteiger partial charge on any atom is 0.230 e. The predicted octanol–water partition coefficient (Wildman–Crippen LogP) is 2.29. The molecule has 0 saturated carbocycles. The van der Waals surface area contributed by atoms with Crippen LogP contribution < -0.4 is 11.2 Å². The van der Waals surface area contributed by atoms with Crippen LogP contribution in [0.3, 0.4) is 0 Å². The van der Waals surface area contributed by atoms with Crippen LogP contribution in [0.15, 0.2) is 53.7 Å². The lowest BCUT2D eigenvalue weighted by atomic mass is 10.1. The van der Waals surface area contributed by atoms with Crippen molar-refractivity contribution in [2.45, 2.75) is 45.4 Å². The summed E-state index contributed by atoms with van der Waals surface area (Å²) in [6.07, 6.45) is -0.495. The number of nitrogens with two attached hydrogens (primary N) is 1. The molecule has 1 amide bonds. The molecule has 0 spiro atoms. The number of hydrogen-bond acceptors (Lipinski definition) is 8. The highest BCUT2D eigenvalue weighted by atomic mass is 16.7. The molecule has 0 aliphatic carbocycles. The second-order valence-corrected chi connectivity index (χ2v) is 7.47. The zero-order valence-electron chi connectivity index (χ0n) is 18.0. The molecule has 3 N–H and O–H groups in total. The van der Waals surface area contributed by atoms with Gasteiger partial charge in [-0.3, -0.25) is 10.6 Å². The largest absolute Gasteiger partial charge is 0.389 e. The number of hydrogen-bond donors (Lipinski definition) is 2. The average Bonchev–Trinajstić information content (AvgIpc) is 3.04. The maximum absolute atomic E-state index is 12.3. The molecule has 31 heavy (non-hydrogen) atoms. The van der Waals surface area contributed by atoms with Gasteiger partial charge in [0.2, 0.25) is 5.91 Å². The summed E-state index contributed by atoms with van der Waals surface area (Å²) in [5.74, 6) is 5.98. The average molecular weight is 428 g/mol. The summed E-state index contributed by atoms with van der Waals surface area (Å²) in [5, 5.41) is 8.53. The maximum atomic E-state index is 12.3. The van der Waals surface area contributed by atoms with Crippen LogP contribution in [0, 0.1) is 0 Å². The molecule has 1 fully saturated rings. The molecule has 2 aromatic rings. The Kier molecular flexibility index (Phi) is 8.07. The summed E-state index contributed by atoms with van der Waals surface area (Å²) in [6, 6.07) is 15.0. The number of pyridine rings is 1. The molecular formula is C22H29N5O4. The van der Waals surface area contributed by atoms with Gasteiger partial charge in [0.05, 0.1) is 30.9 Å². The van der Waals surface area contributed by atoms with Crippen molar-refractivity contribution < 1.29 is 19.1 Å². The minimum absolute atomic E-state index is 0.0307. The van der Waals surface area contributed by atoms with Crippen LogP contribution in [-0.4, -0.2) is 53.7 Å². The molecule has 1 saturated heterocycles. The first-order chi connectivity index (χ1) is 14.9. The van der Waals surface area contributed by atoms with Crippen LogP contribution in [0.5, 0.6) is 0 Å². The van der Waals surface area contributed by atoms with Crippen molar-refractivity contribution in [2.75, 3.05) is 18.9 Å². The number of ether oxygens (including phenoxy) is 2. The predicted molar refractivity (Wildman–Crippen MR) is 117 cm³/mol. The molecule has 0 bridgehead atoms. The van der Waals surface area contributed by atoms with Gasteiger partial charge in [0, 0.05) is 12.6 Å². The van der Waals surface area contributed by atoms with E-state index in [9.17, 15) is 4.79 Å². The zero-order valence-corrected chi connectivity index (χ0v) is 18.0. The van der Waals surface area contributed by atoms with Crippen molar-refractivity contribution >= 4 is 17.4 Å². The second kappa shape index (κ2) is 11.0. The number of anilines is 1. The Balaban J connectivity index is 1.56. The number of carbonyl (C=O) groups excluding carboxylic acids is 1. The highest BCUT2D eigenvalue weighted by Crippen LogP contribution is 2.21. The Labute approximate surface area is 182 Å². The first kappa shape index (κ1) is 22.8. The van der Waals surface area contributed by atoms with E-state index in [1.165, 1.54) is 5.01 Å². The van der Waals surface area contributed by atoms with Gasteiger partial charge in [0.25, 0.3) is 0 Å². The van der Waals surface area contributed by atoms with Crippen molar-refractivity contribution in [2.24, 2.45) is 11.0 Å². The Morgan fingerprint density at radius 3 is 2.55 bits per heavy atom. The van der Waals surface area contributed by atoms with Gasteiger partial charge in [-0.15, -0.1) is 0 Å². The summed E-state index contributed by atoms with van der Waals surface area (Å²) >= 11 is 0. The number of likely N-dealkylation sites (N-methyl/N-ethyl adjacent to an activating group) is 1. The van der Waals surface area contributed by atoms with Gasteiger partial charge in [-0.2, -0.15) is 0 Å². The third-order valence-electron chi connectivity index (χ3n) is 4.71. The third-order valence-corrected chi connectivity index (χ3v) is 4.71. The number of amides is 1. The van der Waals surface area contributed by atoms with Crippen molar-refractivity contribution in [1.82, 2.24) is 9.99 Å². The van der Waals surface area contributed by atoms with Crippen molar-refractivity contribution in [3.63, 3.8) is 0 Å². The van der Waals surface area contributed by atoms with Gasteiger partial charge in [-0.25, -0.2) is 9.99 Å². The third kappa shape index (κ3) is 7.11. The topological polar surface area (TPSA) is 111 Å². The number of oxime groups is 1. The van der Waals surface area contributed by atoms with E-state index in [0.717, 1.165) is 5.56 Å². The Hall–Kier alpha value is -2.85. The van der Waals surface area contributed by atoms with Crippen molar-refractivity contribution in [3.8, 4) is 0 Å². The van der Waals surface area contributed by atoms with Gasteiger partial charge in [0.1, 0.15) is 11.5 Å². The Morgan fingerprint density at radius 1 is 1.16 bits per heavy atom. The summed E-state index contributed by atoms with van der Waals surface area (Å²) < 4.78 is 11.2. The highest BCUT2D eigenvalue weighted by molar-refractivity contribution is 6.01. The van der Waals surface area contributed by atoms with Gasteiger partial charge < -0.3 is 19.6 Å². The van der Waals surface area contributed by atoms with E-state index in [0.29, 0.717) is 23.8 Å². The lowest BCUT2D eigenvalue weighted by molar-refractivity contribution is -0.126. The first-order valence-corrected chi connectivity index (χ1v) is 10.2. The summed E-state index contributed by atoms with van der Waals surface area (Å²) in [7, 11) is 1.76. The second-order valence-electron chi connectivity index (χ2n) is 7.47. The van der Waals surface area contributed by atoms with Crippen LogP contribution in [0.25, 0.3) is 0 Å². The van der Waals surface area contributed by atoms with E-state index in [2.05, 4.69) is 15.5 Å². The smallest absolute Gasteiger partial charge is 0.230 e. The van der Waals surface area contributed by atoms with Crippen LogP contribution >= 0.6 is 0 Å². The van der Waals surface area contributed by atoms with Crippen LogP contribution in [0.2, 0.25) is 0 Å². The van der Waals surface area contributed by atoms with E-state index in [1.807, 2.05) is 44.2 Å². The molecule has 2 heterocycles. The summed E-state index contributed by atoms with van der Waals surface area (Å²) in [6.45, 7) is 4.42. The van der Waals surface area contributed by atoms with E-state index in [1.54, 1.807) is 25.2 Å². The minimum Gasteiger partial charge on any atom is -0.389 e. The monoisotopic (exact) mass is 427 g/mol. The molecule has 2 unspecified atom stereocenters. The summed E-state index contributed by atoms with van der Waals surface area (Å²) in [5.41, 5.74) is 2.26. The quantitative estimate of drug-likeness (QED) is 0.359. The molecule has 9 nitrogen and oxygen atoms in total. The SMILES string of the molecule is CC1OC(CC(=O)Nc2cccc(CO/N=C(\CN(C)N)c3ccccc3)n2)OC1C. The number of nitrogens with one attached hydrogen (secondary N) is 1. The lowest BCUT2D eigenvalue weighted by Crippen LogP contribution is -2.32. The molecule has 2 atom stereocenters. The number of nitrogens with zero attached hydrogens (tertiary/aromatic N) is 3. The zero-order chi connectivity index (χ0) is 22.2. The number of rotatable bonds is 9. The van der Waals surface area contributed by atoms with Crippen LogP contribution in [0.1, 0.15) is 31.5 Å². The van der Waals surface area contributed by atoms with Crippen LogP contribution in [0.4, 0.5) is 5.82 Å². The highest BCUT2D eigenvalue weighted by Gasteiger charge is 2.31. The fraction of sp³-hybridized carbons (Fsp3) is 0.409. The molecule has 1 aromatic carbocycles. The van der Waals surface area contributed by atoms with Gasteiger partial charge in [0.15, 0.2) is 12.9 Å². The van der Waals surface area contributed by atoms with Gasteiger partial charge >= 0.3 is 0 Å². The molecule has 1 aliphatic rings. The fourth-order valence-electron chi connectivity index (χ4n) is 3.02. The molecule has 1 aliphatic heterocycles. The molecule has 1 aromatic heterocycles. The number of carbonyl (C=O) groups is 1. The standard InChI is InChI=1S/C22H29N5O4/c1-15-16(2)31-22(30-15)12-21(28)25-20-11-7-10-18(24-20)14-29-26-19(13-27(3)23)17-8-5-4-6-9-17/h4-11,15-16,22H,12-14,23H2,1-3H3,(H,24,25,28)/b26-19+. The number of hydrazine groups is 1. The Morgan fingerprint density at radius 2 is 1.87 bits per heavy atom. The lowest BCUT2D eigenvalue weighted by Gasteiger charge is -2.12. The first-order valence-electron chi connectivity index (χ1n) is 10.2. The molecular weight excluding hydrogens is 398 g/mol. The van der Waals surface area contributed by atoms with E-state index in [-0.39, 0.29) is 31.1 Å². The van der Waals surface area contributed by atoms with Gasteiger partial charge in [-0.05, 0) is 26.0 Å². The molecule has 9 heteroatoms. The normalized spacial score (nSPS) is 21.3. The molecule has 3 rings (SSSR count). The fourth-order valence-corrected chi connectivity index (χ4v) is 3.02. The van der Waals surface area contributed by atoms with Crippen molar-refractivity contribution in [3.05, 3.63) is 59.8 Å². The van der Waals surface area contributed by atoms with E-state index < -0.39 is 6.29 Å².